The molecule has 0 heterocycles. The number of hydrogen-bond acceptors (Lipinski definition) is 3. The molecule has 0 N–H and O–H groups in total. The molecule has 3 aromatic carbocycles. The highest BCUT2D eigenvalue weighted by atomic mass is 32.2. The third-order valence-electron chi connectivity index (χ3n) is 4.36. The van der Waals surface area contributed by atoms with E-state index in [0.29, 0.717) is 11.3 Å². The molecule has 0 atom stereocenters. The second kappa shape index (κ2) is 7.98. The first-order chi connectivity index (χ1) is 13.3. The van der Waals surface area contributed by atoms with Crippen LogP contribution < -0.4 is 9.04 Å². The van der Waals surface area contributed by atoms with E-state index in [-0.39, 0.29) is 22.7 Å². The molecular weight excluding hydrogens is 384 g/mol. The fourth-order valence-corrected chi connectivity index (χ4v) is 4.14. The molecule has 0 fully saturated rings. The molecule has 0 spiro atoms. The number of halogens is 2. The number of benzene rings is 3. The van der Waals surface area contributed by atoms with E-state index in [1.54, 1.807) is 13.0 Å². The lowest BCUT2D eigenvalue weighted by atomic mass is 10.2. The highest BCUT2D eigenvalue weighted by Gasteiger charge is 2.26. The molecule has 0 radical (unpaired) electrons. The van der Waals surface area contributed by atoms with Crippen LogP contribution in [0.15, 0.2) is 71.6 Å². The zero-order chi connectivity index (χ0) is 20.3. The average Bonchev–Trinajstić information content (AvgIpc) is 2.69. The van der Waals surface area contributed by atoms with E-state index in [1.807, 2.05) is 0 Å². The fourth-order valence-electron chi connectivity index (χ4n) is 2.71. The molecule has 0 aliphatic rings. The standard InChI is InChI=1S/C21H19F2NO3S/c1-15-7-8-17(13-21(15)23)24(14-16-5-3-4-6-20(16)22)28(25,26)19-11-9-18(27-2)10-12-19/h3-13H,14H2,1-2H3. The Morgan fingerprint density at radius 3 is 2.21 bits per heavy atom. The number of anilines is 1. The van der Waals surface area contributed by atoms with Crippen molar-refractivity contribution in [2.75, 3.05) is 11.4 Å². The summed E-state index contributed by atoms with van der Waals surface area (Å²) in [6.07, 6.45) is 0. The predicted octanol–water partition coefficient (Wildman–Crippen LogP) is 4.68. The molecule has 3 aromatic rings. The van der Waals surface area contributed by atoms with Crippen molar-refractivity contribution in [3.05, 3.63) is 89.5 Å². The summed E-state index contributed by atoms with van der Waals surface area (Å²) in [5, 5.41) is 0. The van der Waals surface area contributed by atoms with E-state index in [9.17, 15) is 17.2 Å². The molecule has 7 heteroatoms. The first-order valence-electron chi connectivity index (χ1n) is 8.49. The van der Waals surface area contributed by atoms with Gasteiger partial charge in [-0.25, -0.2) is 17.2 Å². The van der Waals surface area contributed by atoms with Crippen LogP contribution in [0, 0.1) is 18.6 Å². The topological polar surface area (TPSA) is 46.6 Å². The SMILES string of the molecule is COc1ccc(S(=O)(=O)N(Cc2ccccc2F)c2ccc(C)c(F)c2)cc1. The molecule has 4 nitrogen and oxygen atoms in total. The van der Waals surface area contributed by atoms with Gasteiger partial charge in [0.2, 0.25) is 0 Å². The zero-order valence-corrected chi connectivity index (χ0v) is 16.2. The van der Waals surface area contributed by atoms with E-state index in [2.05, 4.69) is 0 Å². The van der Waals surface area contributed by atoms with Gasteiger partial charge in [-0.3, -0.25) is 4.31 Å². The largest absolute Gasteiger partial charge is 0.497 e. The maximum atomic E-state index is 14.2. The molecule has 0 amide bonds. The summed E-state index contributed by atoms with van der Waals surface area (Å²) in [7, 11) is -2.60. The number of ether oxygens (including phenoxy) is 1. The van der Waals surface area contributed by atoms with E-state index in [0.717, 1.165) is 10.4 Å². The van der Waals surface area contributed by atoms with Crippen molar-refractivity contribution in [1.82, 2.24) is 0 Å². The van der Waals surface area contributed by atoms with Crippen molar-refractivity contribution in [2.45, 2.75) is 18.4 Å². The van der Waals surface area contributed by atoms with Gasteiger partial charge in [-0.2, -0.15) is 0 Å². The summed E-state index contributed by atoms with van der Waals surface area (Å²) in [6, 6.07) is 15.8. The minimum Gasteiger partial charge on any atom is -0.497 e. The first kappa shape index (κ1) is 19.8. The fraction of sp³-hybridized carbons (Fsp3) is 0.143. The van der Waals surface area contributed by atoms with Gasteiger partial charge >= 0.3 is 0 Å². The van der Waals surface area contributed by atoms with E-state index >= 15 is 0 Å². The molecule has 0 saturated carbocycles. The molecule has 0 unspecified atom stereocenters. The van der Waals surface area contributed by atoms with E-state index in [4.69, 9.17) is 4.74 Å². The van der Waals surface area contributed by atoms with Crippen LogP contribution in [0.25, 0.3) is 0 Å². The molecule has 0 aromatic heterocycles. The van der Waals surface area contributed by atoms with Crippen LogP contribution in [0.3, 0.4) is 0 Å². The highest BCUT2D eigenvalue weighted by Crippen LogP contribution is 2.29. The van der Waals surface area contributed by atoms with Gasteiger partial charge in [-0.1, -0.05) is 24.3 Å². The molecule has 3 rings (SSSR count). The second-order valence-electron chi connectivity index (χ2n) is 6.21. The van der Waals surface area contributed by atoms with E-state index in [1.165, 1.54) is 61.7 Å². The van der Waals surface area contributed by atoms with E-state index < -0.39 is 21.7 Å². The van der Waals surface area contributed by atoms with Gasteiger partial charge in [0.1, 0.15) is 17.4 Å². The molecule has 0 bridgehead atoms. The van der Waals surface area contributed by atoms with Crippen molar-refractivity contribution in [2.24, 2.45) is 0 Å². The lowest BCUT2D eigenvalue weighted by Crippen LogP contribution is -2.31. The lowest BCUT2D eigenvalue weighted by Gasteiger charge is -2.25. The van der Waals surface area contributed by atoms with Gasteiger partial charge in [0.05, 0.1) is 24.2 Å². The van der Waals surface area contributed by atoms with Crippen molar-refractivity contribution < 1.29 is 21.9 Å². The number of hydrogen-bond donors (Lipinski definition) is 0. The third-order valence-corrected chi connectivity index (χ3v) is 6.15. The number of nitrogens with zero attached hydrogens (tertiary/aromatic N) is 1. The normalized spacial score (nSPS) is 11.3. The number of aryl methyl sites for hydroxylation is 1. The van der Waals surface area contributed by atoms with Crippen LogP contribution >= 0.6 is 0 Å². The van der Waals surface area contributed by atoms with Gasteiger partial charge in [-0.05, 0) is 55.0 Å². The Balaban J connectivity index is 2.11. The molecular formula is C21H19F2NO3S. The minimum atomic E-state index is -4.08. The highest BCUT2D eigenvalue weighted by molar-refractivity contribution is 7.92. The van der Waals surface area contributed by atoms with Gasteiger partial charge in [-0.15, -0.1) is 0 Å². The predicted molar refractivity (Wildman–Crippen MR) is 104 cm³/mol. The Morgan fingerprint density at radius 2 is 1.61 bits per heavy atom. The van der Waals surface area contributed by atoms with Crippen LogP contribution in [0.1, 0.15) is 11.1 Å². The maximum Gasteiger partial charge on any atom is 0.264 e. The zero-order valence-electron chi connectivity index (χ0n) is 15.4. The quantitative estimate of drug-likeness (QED) is 0.601. The summed E-state index contributed by atoms with van der Waals surface area (Å²) in [6.45, 7) is 1.31. The lowest BCUT2D eigenvalue weighted by molar-refractivity contribution is 0.414. The smallest absolute Gasteiger partial charge is 0.264 e. The molecule has 0 aliphatic carbocycles. The number of sulfonamides is 1. The summed E-state index contributed by atoms with van der Waals surface area (Å²) in [4.78, 5) is -0.00868. The molecule has 28 heavy (non-hydrogen) atoms. The Bertz CT molecular complexity index is 1080. The molecule has 146 valence electrons. The summed E-state index contributed by atoms with van der Waals surface area (Å²) in [5.41, 5.74) is 0.680. The van der Waals surface area contributed by atoms with Gasteiger partial charge in [0, 0.05) is 5.56 Å². The Labute approximate surface area is 163 Å². The van der Waals surface area contributed by atoms with Crippen molar-refractivity contribution in [3.8, 4) is 5.75 Å². The van der Waals surface area contributed by atoms with Gasteiger partial charge < -0.3 is 4.74 Å². The van der Waals surface area contributed by atoms with Crippen LogP contribution in [-0.4, -0.2) is 15.5 Å². The molecule has 0 saturated heterocycles. The molecule has 0 aliphatic heterocycles. The number of methoxy groups -OCH3 is 1. The van der Waals surface area contributed by atoms with Crippen molar-refractivity contribution in [3.63, 3.8) is 0 Å². The summed E-state index contributed by atoms with van der Waals surface area (Å²) < 4.78 is 60.9. The summed E-state index contributed by atoms with van der Waals surface area (Å²) in [5.74, 6) is -0.577. The maximum absolute atomic E-state index is 14.2. The van der Waals surface area contributed by atoms with Crippen LogP contribution in [0.5, 0.6) is 5.75 Å². The Hall–Kier alpha value is -2.93. The van der Waals surface area contributed by atoms with Crippen molar-refractivity contribution in [1.29, 1.82) is 0 Å². The minimum absolute atomic E-state index is 0.00868. The summed E-state index contributed by atoms with van der Waals surface area (Å²) >= 11 is 0. The van der Waals surface area contributed by atoms with Gasteiger partial charge in [0.15, 0.2) is 0 Å². The average molecular weight is 403 g/mol. The Morgan fingerprint density at radius 1 is 0.929 bits per heavy atom. The monoisotopic (exact) mass is 403 g/mol. The van der Waals surface area contributed by atoms with Crippen LogP contribution in [0.2, 0.25) is 0 Å². The first-order valence-corrected chi connectivity index (χ1v) is 9.93. The van der Waals surface area contributed by atoms with Crippen molar-refractivity contribution >= 4 is 15.7 Å². The van der Waals surface area contributed by atoms with Crippen LogP contribution in [0.4, 0.5) is 14.5 Å². The third kappa shape index (κ3) is 3.99. The van der Waals surface area contributed by atoms with Crippen LogP contribution in [-0.2, 0) is 16.6 Å². The van der Waals surface area contributed by atoms with Gasteiger partial charge in [0.25, 0.3) is 10.0 Å². The number of rotatable bonds is 6. The second-order valence-corrected chi connectivity index (χ2v) is 8.07. The Kier molecular flexibility index (Phi) is 5.65.